The fraction of sp³-hybridized carbons (Fsp3) is 0.667. The van der Waals surface area contributed by atoms with Crippen LogP contribution in [0.3, 0.4) is 0 Å². The van der Waals surface area contributed by atoms with Crippen LogP contribution in [0, 0.1) is 0 Å². The van der Waals surface area contributed by atoms with E-state index in [4.69, 9.17) is 0 Å². The number of hydrogen-bond acceptors (Lipinski definition) is 4. The minimum atomic E-state index is -0.748. The third-order valence-electron chi connectivity index (χ3n) is 2.65. The Morgan fingerprint density at radius 3 is 2.88 bits per heavy atom. The minimum Gasteiger partial charge on any atom is -0.370 e. The van der Waals surface area contributed by atoms with Crippen LogP contribution in [-0.4, -0.2) is 32.2 Å². The molecule has 1 heterocycles. The Labute approximate surface area is 106 Å². The predicted octanol–water partition coefficient (Wildman–Crippen LogP) is 2.00. The highest BCUT2D eigenvalue weighted by Gasteiger charge is 2.05. The first kappa shape index (κ1) is 14.1. The highest BCUT2D eigenvalue weighted by Crippen LogP contribution is 2.07. The van der Waals surface area contributed by atoms with Crippen LogP contribution in [0.1, 0.15) is 32.4 Å². The molecule has 0 bridgehead atoms. The fourth-order valence-electron chi connectivity index (χ4n) is 1.46. The monoisotopic (exact) mass is 255 g/mol. The van der Waals surface area contributed by atoms with Gasteiger partial charge in [-0.05, 0) is 12.8 Å². The molecule has 0 aliphatic rings. The number of hydrogen-bond donors (Lipinski definition) is 1. The zero-order chi connectivity index (χ0) is 12.7. The molecule has 5 heteroatoms. The normalized spacial score (nSPS) is 14.3. The van der Waals surface area contributed by atoms with E-state index in [1.807, 2.05) is 13.0 Å². The lowest BCUT2D eigenvalue weighted by Gasteiger charge is -2.10. The topological polar surface area (TPSA) is 54.9 Å². The molecule has 1 aromatic heterocycles. The van der Waals surface area contributed by atoms with Crippen molar-refractivity contribution in [3.63, 3.8) is 0 Å². The second-order valence-electron chi connectivity index (χ2n) is 4.17. The number of nitrogens with one attached hydrogen (secondary N) is 1. The third-order valence-corrected chi connectivity index (χ3v) is 4.02. The summed E-state index contributed by atoms with van der Waals surface area (Å²) in [6.45, 7) is 4.93. The van der Waals surface area contributed by atoms with Crippen LogP contribution in [0.4, 0.5) is 5.82 Å². The van der Waals surface area contributed by atoms with Gasteiger partial charge in [0.05, 0.1) is 0 Å². The average molecular weight is 255 g/mol. The van der Waals surface area contributed by atoms with Gasteiger partial charge >= 0.3 is 0 Å². The van der Waals surface area contributed by atoms with Gasteiger partial charge in [-0.15, -0.1) is 0 Å². The Morgan fingerprint density at radius 2 is 2.24 bits per heavy atom. The van der Waals surface area contributed by atoms with Gasteiger partial charge in [0.1, 0.15) is 12.1 Å². The molecule has 0 saturated carbocycles. The van der Waals surface area contributed by atoms with E-state index in [9.17, 15) is 4.21 Å². The van der Waals surface area contributed by atoms with Gasteiger partial charge in [0.2, 0.25) is 0 Å². The van der Waals surface area contributed by atoms with Gasteiger partial charge in [0.25, 0.3) is 0 Å². The number of rotatable bonds is 7. The minimum absolute atomic E-state index is 0.222. The van der Waals surface area contributed by atoms with Crippen LogP contribution in [0.15, 0.2) is 12.4 Å². The van der Waals surface area contributed by atoms with E-state index in [2.05, 4.69) is 22.2 Å². The molecule has 2 unspecified atom stereocenters. The van der Waals surface area contributed by atoms with Crippen molar-refractivity contribution < 1.29 is 4.21 Å². The summed E-state index contributed by atoms with van der Waals surface area (Å²) in [5.41, 5.74) is 1.07. The molecule has 0 aliphatic heterocycles. The summed E-state index contributed by atoms with van der Waals surface area (Å²) in [5, 5.41) is 3.47. The number of anilines is 1. The molecule has 1 aromatic rings. The van der Waals surface area contributed by atoms with Crippen molar-refractivity contribution in [2.24, 2.45) is 0 Å². The van der Waals surface area contributed by atoms with Crippen molar-refractivity contribution in [1.82, 2.24) is 9.97 Å². The summed E-state index contributed by atoms with van der Waals surface area (Å²) in [4.78, 5) is 8.37. The lowest BCUT2D eigenvalue weighted by Crippen LogP contribution is -2.15. The van der Waals surface area contributed by atoms with Gasteiger partial charge in [-0.1, -0.05) is 20.3 Å². The average Bonchev–Trinajstić information content (AvgIpc) is 2.29. The Morgan fingerprint density at radius 1 is 1.47 bits per heavy atom. The first-order valence-corrected chi connectivity index (χ1v) is 7.62. The van der Waals surface area contributed by atoms with Crippen LogP contribution in [0.2, 0.25) is 0 Å². The maximum Gasteiger partial charge on any atom is 0.129 e. The van der Waals surface area contributed by atoms with E-state index in [0.29, 0.717) is 0 Å². The smallest absolute Gasteiger partial charge is 0.129 e. The quantitative estimate of drug-likeness (QED) is 0.809. The fourth-order valence-corrected chi connectivity index (χ4v) is 1.91. The molecule has 17 heavy (non-hydrogen) atoms. The van der Waals surface area contributed by atoms with Crippen LogP contribution in [0.25, 0.3) is 0 Å². The van der Waals surface area contributed by atoms with Gasteiger partial charge in [0.15, 0.2) is 0 Å². The molecule has 0 amide bonds. The molecule has 4 nitrogen and oxygen atoms in total. The number of aromatic nitrogens is 2. The summed E-state index contributed by atoms with van der Waals surface area (Å²) < 4.78 is 11.2. The van der Waals surface area contributed by atoms with Crippen LogP contribution < -0.4 is 5.32 Å². The SMILES string of the molecule is CCCc1cc(NCCC(C)S(C)=O)ncn1. The van der Waals surface area contributed by atoms with E-state index in [1.54, 1.807) is 12.6 Å². The Bertz CT molecular complexity index is 371. The van der Waals surface area contributed by atoms with Gasteiger partial charge in [-0.2, -0.15) is 0 Å². The Hall–Kier alpha value is -0.970. The summed E-state index contributed by atoms with van der Waals surface area (Å²) in [5.74, 6) is 0.859. The standard InChI is InChI=1S/C12H21N3OS/c1-4-5-11-8-12(15-9-14-11)13-7-6-10(2)17(3)16/h8-10H,4-7H2,1-3H3,(H,13,14,15). The molecule has 96 valence electrons. The van der Waals surface area contributed by atoms with Crippen molar-refractivity contribution in [3.05, 3.63) is 18.1 Å². The molecule has 1 N–H and O–H groups in total. The highest BCUT2D eigenvalue weighted by molar-refractivity contribution is 7.84. The second-order valence-corrected chi connectivity index (χ2v) is 5.97. The van der Waals surface area contributed by atoms with Crippen molar-refractivity contribution >= 4 is 16.6 Å². The molecule has 1 rings (SSSR count). The van der Waals surface area contributed by atoms with E-state index in [1.165, 1.54) is 0 Å². The first-order valence-electron chi connectivity index (χ1n) is 6.00. The van der Waals surface area contributed by atoms with E-state index >= 15 is 0 Å². The van der Waals surface area contributed by atoms with Gasteiger partial charge < -0.3 is 5.32 Å². The molecule has 0 spiro atoms. The van der Waals surface area contributed by atoms with Crippen LogP contribution >= 0.6 is 0 Å². The van der Waals surface area contributed by atoms with Gasteiger partial charge in [-0.25, -0.2) is 9.97 Å². The Balaban J connectivity index is 2.41. The summed E-state index contributed by atoms with van der Waals surface area (Å²) in [6.07, 6.45) is 6.29. The van der Waals surface area contributed by atoms with E-state index < -0.39 is 10.8 Å². The van der Waals surface area contributed by atoms with Crippen molar-refractivity contribution in [1.29, 1.82) is 0 Å². The lowest BCUT2D eigenvalue weighted by molar-refractivity contribution is 0.672. The Kier molecular flexibility index (Phi) is 6.11. The molecular weight excluding hydrogens is 234 g/mol. The molecular formula is C12H21N3OS. The van der Waals surface area contributed by atoms with Crippen molar-refractivity contribution in [2.45, 2.75) is 38.4 Å². The summed E-state index contributed by atoms with van der Waals surface area (Å²) in [7, 11) is -0.748. The van der Waals surface area contributed by atoms with Gasteiger partial charge in [-0.3, -0.25) is 4.21 Å². The molecule has 2 atom stereocenters. The zero-order valence-corrected chi connectivity index (χ0v) is 11.6. The molecule has 0 aromatic carbocycles. The maximum atomic E-state index is 11.2. The number of aryl methyl sites for hydroxylation is 1. The van der Waals surface area contributed by atoms with Crippen molar-refractivity contribution in [3.8, 4) is 0 Å². The van der Waals surface area contributed by atoms with Gasteiger partial charge in [0, 0.05) is 40.6 Å². The molecule has 0 radical (unpaired) electrons. The lowest BCUT2D eigenvalue weighted by atomic mass is 10.2. The van der Waals surface area contributed by atoms with Crippen LogP contribution in [0.5, 0.6) is 0 Å². The molecule has 0 aliphatic carbocycles. The number of nitrogens with zero attached hydrogens (tertiary/aromatic N) is 2. The van der Waals surface area contributed by atoms with E-state index in [-0.39, 0.29) is 5.25 Å². The first-order chi connectivity index (χ1) is 8.13. The second kappa shape index (κ2) is 7.37. The third kappa shape index (κ3) is 5.26. The summed E-state index contributed by atoms with van der Waals surface area (Å²) >= 11 is 0. The van der Waals surface area contributed by atoms with Crippen LogP contribution in [-0.2, 0) is 17.2 Å². The van der Waals surface area contributed by atoms with Crippen molar-refractivity contribution in [2.75, 3.05) is 18.1 Å². The predicted molar refractivity (Wildman–Crippen MR) is 72.7 cm³/mol. The largest absolute Gasteiger partial charge is 0.370 e. The summed E-state index contributed by atoms with van der Waals surface area (Å²) in [6, 6.07) is 1.98. The molecule has 0 saturated heterocycles. The zero-order valence-electron chi connectivity index (χ0n) is 10.8. The molecule has 0 fully saturated rings. The highest BCUT2D eigenvalue weighted by atomic mass is 32.2. The van der Waals surface area contributed by atoms with E-state index in [0.717, 1.165) is 37.3 Å². The maximum absolute atomic E-state index is 11.2.